The number of methoxy groups -OCH3 is 1. The monoisotopic (exact) mass is 462 g/mol. The van der Waals surface area contributed by atoms with E-state index in [4.69, 9.17) is 14.7 Å². The molecule has 1 amide bonds. The first-order valence-corrected chi connectivity index (χ1v) is 12.9. The third-order valence-electron chi connectivity index (χ3n) is 7.30. The predicted octanol–water partition coefficient (Wildman–Crippen LogP) is 4.66. The second-order valence-electron chi connectivity index (χ2n) is 9.72. The minimum absolute atomic E-state index is 0.0886. The summed E-state index contributed by atoms with van der Waals surface area (Å²) in [5.74, 6) is 4.28. The van der Waals surface area contributed by atoms with E-state index in [1.54, 1.807) is 7.11 Å². The maximum atomic E-state index is 13.0. The van der Waals surface area contributed by atoms with E-state index in [2.05, 4.69) is 11.8 Å². The van der Waals surface area contributed by atoms with Crippen molar-refractivity contribution in [2.45, 2.75) is 44.9 Å². The lowest BCUT2D eigenvalue weighted by Crippen LogP contribution is -2.49. The number of hydrogen-bond acceptors (Lipinski definition) is 6. The lowest BCUT2D eigenvalue weighted by molar-refractivity contribution is 0.0746. The van der Waals surface area contributed by atoms with Crippen LogP contribution in [0.5, 0.6) is 5.75 Å². The van der Waals surface area contributed by atoms with Gasteiger partial charge in [0.1, 0.15) is 22.2 Å². The number of piperazine rings is 1. The van der Waals surface area contributed by atoms with Crippen molar-refractivity contribution in [1.29, 1.82) is 0 Å². The summed E-state index contributed by atoms with van der Waals surface area (Å²) in [6.45, 7) is 5.38. The van der Waals surface area contributed by atoms with Crippen LogP contribution in [0.15, 0.2) is 24.3 Å². The molecule has 1 saturated carbocycles. The molecule has 1 aliphatic heterocycles. The molecule has 0 bridgehead atoms. The van der Waals surface area contributed by atoms with Gasteiger partial charge in [-0.05, 0) is 67.9 Å². The minimum atomic E-state index is 0.0886. The molecule has 0 radical (unpaired) electrons. The standard InChI is InChI=1S/C26H30N4O2S/c1-16-3-10-20-21(15-16)33-25-22(20)24(27-23(28-25)17-4-5-17)29-11-13-30(14-12-29)26(31)18-6-8-19(32-2)9-7-18/h6-9,16-17H,3-5,10-15H2,1-2H3/t16-/m0/s1. The quantitative estimate of drug-likeness (QED) is 0.564. The average Bonchev–Trinajstić information content (AvgIpc) is 3.64. The number of carbonyl (C=O) groups is 1. The molecular formula is C26H30N4O2S. The van der Waals surface area contributed by atoms with Crippen LogP contribution >= 0.6 is 11.3 Å². The topological polar surface area (TPSA) is 58.6 Å². The number of anilines is 1. The van der Waals surface area contributed by atoms with Crippen LogP contribution in [0.4, 0.5) is 5.82 Å². The fourth-order valence-corrected chi connectivity index (χ4v) is 6.51. The van der Waals surface area contributed by atoms with Crippen LogP contribution < -0.4 is 9.64 Å². The molecule has 2 aliphatic carbocycles. The number of fused-ring (bicyclic) bond motifs is 3. The molecule has 3 aromatic rings. The highest BCUT2D eigenvalue weighted by Crippen LogP contribution is 2.44. The molecule has 6 nitrogen and oxygen atoms in total. The van der Waals surface area contributed by atoms with Crippen LogP contribution in [0.2, 0.25) is 0 Å². The van der Waals surface area contributed by atoms with Crippen molar-refractivity contribution in [1.82, 2.24) is 14.9 Å². The molecule has 2 aromatic heterocycles. The fourth-order valence-electron chi connectivity index (χ4n) is 5.13. The number of thiophene rings is 1. The molecule has 6 rings (SSSR count). The van der Waals surface area contributed by atoms with E-state index in [0.717, 1.165) is 42.8 Å². The number of ether oxygens (including phenoxy) is 1. The zero-order chi connectivity index (χ0) is 22.5. The molecule has 3 heterocycles. The van der Waals surface area contributed by atoms with Gasteiger partial charge in [-0.3, -0.25) is 4.79 Å². The number of aromatic nitrogens is 2. The van der Waals surface area contributed by atoms with Gasteiger partial charge >= 0.3 is 0 Å². The average molecular weight is 463 g/mol. The summed E-state index contributed by atoms with van der Waals surface area (Å²) in [5, 5.41) is 1.29. The van der Waals surface area contributed by atoms with Crippen molar-refractivity contribution in [3.63, 3.8) is 0 Å². The maximum Gasteiger partial charge on any atom is 0.253 e. The van der Waals surface area contributed by atoms with E-state index in [1.165, 1.54) is 46.3 Å². The normalized spacial score (nSPS) is 20.7. The third kappa shape index (κ3) is 3.86. The summed E-state index contributed by atoms with van der Waals surface area (Å²) in [6.07, 6.45) is 5.95. The van der Waals surface area contributed by atoms with E-state index in [-0.39, 0.29) is 5.91 Å². The highest BCUT2D eigenvalue weighted by atomic mass is 32.1. The van der Waals surface area contributed by atoms with Gasteiger partial charge in [-0.15, -0.1) is 11.3 Å². The minimum Gasteiger partial charge on any atom is -0.497 e. The van der Waals surface area contributed by atoms with Crippen molar-refractivity contribution in [3.05, 3.63) is 46.1 Å². The van der Waals surface area contributed by atoms with Gasteiger partial charge < -0.3 is 14.5 Å². The first-order valence-electron chi connectivity index (χ1n) is 12.1. The van der Waals surface area contributed by atoms with E-state index >= 15 is 0 Å². The van der Waals surface area contributed by atoms with Crippen LogP contribution in [0.1, 0.15) is 58.7 Å². The molecule has 0 N–H and O–H groups in total. The summed E-state index contributed by atoms with van der Waals surface area (Å²) < 4.78 is 5.22. The Morgan fingerprint density at radius 3 is 2.52 bits per heavy atom. The smallest absolute Gasteiger partial charge is 0.253 e. The maximum absolute atomic E-state index is 13.0. The Balaban J connectivity index is 1.27. The molecule has 2 fully saturated rings. The SMILES string of the molecule is COc1ccc(C(=O)N2CCN(c3nc(C4CC4)nc4sc5c(c34)CC[C@H](C)C5)CC2)cc1. The van der Waals surface area contributed by atoms with Gasteiger partial charge in [0.05, 0.1) is 12.5 Å². The van der Waals surface area contributed by atoms with Crippen molar-refractivity contribution in [3.8, 4) is 5.75 Å². The molecule has 1 aromatic carbocycles. The van der Waals surface area contributed by atoms with Crippen LogP contribution in [0.25, 0.3) is 10.2 Å². The lowest BCUT2D eigenvalue weighted by Gasteiger charge is -2.36. The zero-order valence-electron chi connectivity index (χ0n) is 19.3. The number of rotatable bonds is 4. The summed E-state index contributed by atoms with van der Waals surface area (Å²) in [5.41, 5.74) is 2.20. The molecule has 1 saturated heterocycles. The lowest BCUT2D eigenvalue weighted by atomic mass is 9.89. The predicted molar refractivity (Wildman–Crippen MR) is 132 cm³/mol. The highest BCUT2D eigenvalue weighted by Gasteiger charge is 2.32. The van der Waals surface area contributed by atoms with Gasteiger partial charge in [0.15, 0.2) is 0 Å². The van der Waals surface area contributed by atoms with Gasteiger partial charge in [0, 0.05) is 42.5 Å². The van der Waals surface area contributed by atoms with E-state index in [9.17, 15) is 4.79 Å². The summed E-state index contributed by atoms with van der Waals surface area (Å²) in [6, 6.07) is 7.40. The first-order chi connectivity index (χ1) is 16.1. The molecule has 33 heavy (non-hydrogen) atoms. The molecule has 0 spiro atoms. The second kappa shape index (κ2) is 8.28. The van der Waals surface area contributed by atoms with Crippen molar-refractivity contribution >= 4 is 33.3 Å². The van der Waals surface area contributed by atoms with E-state index in [1.807, 2.05) is 40.5 Å². The van der Waals surface area contributed by atoms with Gasteiger partial charge in [0.25, 0.3) is 5.91 Å². The van der Waals surface area contributed by atoms with Gasteiger partial charge in [-0.1, -0.05) is 6.92 Å². The molecule has 172 valence electrons. The Hall–Kier alpha value is -2.67. The Kier molecular flexibility index (Phi) is 5.24. The number of hydrogen-bond donors (Lipinski definition) is 0. The Morgan fingerprint density at radius 1 is 1.06 bits per heavy atom. The van der Waals surface area contributed by atoms with Gasteiger partial charge in [-0.25, -0.2) is 9.97 Å². The van der Waals surface area contributed by atoms with Crippen molar-refractivity contribution in [2.24, 2.45) is 5.92 Å². The Labute approximate surface area is 198 Å². The van der Waals surface area contributed by atoms with Crippen LogP contribution in [-0.2, 0) is 12.8 Å². The number of aryl methyl sites for hydroxylation is 1. The van der Waals surface area contributed by atoms with E-state index < -0.39 is 0 Å². The van der Waals surface area contributed by atoms with Crippen molar-refractivity contribution < 1.29 is 9.53 Å². The van der Waals surface area contributed by atoms with Crippen LogP contribution in [0, 0.1) is 5.92 Å². The molecule has 3 aliphatic rings. The number of benzene rings is 1. The van der Waals surface area contributed by atoms with Crippen LogP contribution in [0.3, 0.4) is 0 Å². The zero-order valence-corrected chi connectivity index (χ0v) is 20.2. The summed E-state index contributed by atoms with van der Waals surface area (Å²) in [4.78, 5) is 30.2. The Morgan fingerprint density at radius 2 is 1.82 bits per heavy atom. The fraction of sp³-hybridized carbons (Fsp3) is 0.500. The first kappa shape index (κ1) is 20.9. The second-order valence-corrected chi connectivity index (χ2v) is 10.8. The molecule has 0 unspecified atom stereocenters. The number of nitrogens with zero attached hydrogens (tertiary/aromatic N) is 4. The number of carbonyl (C=O) groups excluding carboxylic acids is 1. The van der Waals surface area contributed by atoms with Crippen molar-refractivity contribution in [2.75, 3.05) is 38.2 Å². The van der Waals surface area contributed by atoms with Gasteiger partial charge in [-0.2, -0.15) is 0 Å². The molecule has 7 heteroatoms. The van der Waals surface area contributed by atoms with E-state index in [0.29, 0.717) is 24.6 Å². The summed E-state index contributed by atoms with van der Waals surface area (Å²) >= 11 is 1.89. The largest absolute Gasteiger partial charge is 0.497 e. The van der Waals surface area contributed by atoms with Crippen LogP contribution in [-0.4, -0.2) is 54.1 Å². The molecule has 1 atom stereocenters. The van der Waals surface area contributed by atoms with Gasteiger partial charge in [0.2, 0.25) is 0 Å². The number of amides is 1. The molecular weight excluding hydrogens is 432 g/mol. The highest BCUT2D eigenvalue weighted by molar-refractivity contribution is 7.19. The Bertz CT molecular complexity index is 1190. The third-order valence-corrected chi connectivity index (χ3v) is 8.45. The summed E-state index contributed by atoms with van der Waals surface area (Å²) in [7, 11) is 1.64.